The highest BCUT2D eigenvalue weighted by molar-refractivity contribution is 5.82. The van der Waals surface area contributed by atoms with Crippen molar-refractivity contribution in [3.8, 4) is 5.75 Å². The zero-order valence-electron chi connectivity index (χ0n) is 14.8. The lowest BCUT2D eigenvalue weighted by atomic mass is 10.0. The Labute approximate surface area is 156 Å². The first-order valence-corrected chi connectivity index (χ1v) is 9.23. The van der Waals surface area contributed by atoms with Gasteiger partial charge in [-0.2, -0.15) is 4.52 Å². The molecule has 138 valence electrons. The molecule has 8 nitrogen and oxygen atoms in total. The number of carbonyl (C=O) groups is 1. The van der Waals surface area contributed by atoms with Gasteiger partial charge in [0.05, 0.1) is 0 Å². The summed E-state index contributed by atoms with van der Waals surface area (Å²) >= 11 is 0. The highest BCUT2D eigenvalue weighted by atomic mass is 16.5. The molecule has 2 atom stereocenters. The van der Waals surface area contributed by atoms with Crippen molar-refractivity contribution in [1.29, 1.82) is 0 Å². The molecule has 1 saturated heterocycles. The van der Waals surface area contributed by atoms with Crippen LogP contribution in [0.1, 0.15) is 18.4 Å². The summed E-state index contributed by atoms with van der Waals surface area (Å²) in [6.45, 7) is 1.58. The minimum Gasteiger partial charge on any atom is -0.480 e. The van der Waals surface area contributed by atoms with E-state index in [9.17, 15) is 4.79 Å². The fourth-order valence-electron chi connectivity index (χ4n) is 3.78. The van der Waals surface area contributed by atoms with Gasteiger partial charge in [0.25, 0.3) is 5.91 Å². The van der Waals surface area contributed by atoms with Gasteiger partial charge in [-0.15, -0.1) is 15.3 Å². The topological polar surface area (TPSA) is 84.7 Å². The van der Waals surface area contributed by atoms with Crippen LogP contribution in [0.15, 0.2) is 42.7 Å². The van der Waals surface area contributed by atoms with Crippen LogP contribution in [0.2, 0.25) is 0 Å². The zero-order valence-corrected chi connectivity index (χ0v) is 14.8. The maximum atomic E-state index is 12.7. The van der Waals surface area contributed by atoms with Crippen molar-refractivity contribution in [2.75, 3.05) is 18.0 Å². The number of fused-ring (bicyclic) bond motifs is 2. The maximum absolute atomic E-state index is 12.7. The van der Waals surface area contributed by atoms with E-state index in [0.29, 0.717) is 6.42 Å². The molecule has 2 aliphatic heterocycles. The van der Waals surface area contributed by atoms with E-state index in [2.05, 4.69) is 31.6 Å². The molecule has 0 spiro atoms. The Morgan fingerprint density at radius 3 is 3.07 bits per heavy atom. The molecule has 8 heteroatoms. The van der Waals surface area contributed by atoms with Gasteiger partial charge in [0, 0.05) is 19.1 Å². The summed E-state index contributed by atoms with van der Waals surface area (Å²) in [4.78, 5) is 14.8. The van der Waals surface area contributed by atoms with Crippen LogP contribution >= 0.6 is 0 Å². The molecule has 0 aliphatic carbocycles. The molecule has 2 aromatic heterocycles. The number of carbonyl (C=O) groups excluding carboxylic acids is 1. The lowest BCUT2D eigenvalue weighted by Crippen LogP contribution is -2.46. The molecular formula is C19H20N6O2. The largest absolute Gasteiger partial charge is 0.480 e. The average Bonchev–Trinajstić information content (AvgIpc) is 3.36. The van der Waals surface area contributed by atoms with E-state index in [1.807, 2.05) is 30.3 Å². The van der Waals surface area contributed by atoms with E-state index in [1.165, 1.54) is 5.56 Å². The predicted molar refractivity (Wildman–Crippen MR) is 98.7 cm³/mol. The second-order valence-electron chi connectivity index (χ2n) is 7.02. The van der Waals surface area contributed by atoms with E-state index in [-0.39, 0.29) is 11.9 Å². The molecule has 2 aliphatic rings. The molecule has 1 aromatic carbocycles. The first-order chi connectivity index (χ1) is 13.3. The number of aryl methyl sites for hydroxylation is 1. The Morgan fingerprint density at radius 2 is 2.11 bits per heavy atom. The lowest BCUT2D eigenvalue weighted by Gasteiger charge is -2.26. The van der Waals surface area contributed by atoms with Crippen LogP contribution in [0, 0.1) is 0 Å². The summed E-state index contributed by atoms with van der Waals surface area (Å²) in [6.07, 6.45) is 3.64. The number of anilines is 1. The molecule has 2 unspecified atom stereocenters. The van der Waals surface area contributed by atoms with Gasteiger partial charge in [0.1, 0.15) is 17.9 Å². The van der Waals surface area contributed by atoms with Crippen molar-refractivity contribution in [2.45, 2.75) is 31.4 Å². The summed E-state index contributed by atoms with van der Waals surface area (Å²) < 4.78 is 7.56. The van der Waals surface area contributed by atoms with E-state index < -0.39 is 6.10 Å². The number of aromatic nitrogens is 4. The fourth-order valence-corrected chi connectivity index (χ4v) is 3.78. The van der Waals surface area contributed by atoms with Crippen LogP contribution < -0.4 is 15.0 Å². The Hall–Kier alpha value is -3.16. The van der Waals surface area contributed by atoms with Gasteiger partial charge >= 0.3 is 0 Å². The number of ether oxygens (including phenoxy) is 1. The van der Waals surface area contributed by atoms with Crippen molar-refractivity contribution in [3.63, 3.8) is 0 Å². The maximum Gasteiger partial charge on any atom is 0.261 e. The van der Waals surface area contributed by atoms with E-state index in [4.69, 9.17) is 4.74 Å². The number of benzene rings is 1. The van der Waals surface area contributed by atoms with Crippen LogP contribution in [0.3, 0.4) is 0 Å². The molecule has 0 saturated carbocycles. The summed E-state index contributed by atoms with van der Waals surface area (Å²) in [5.41, 5.74) is 1.89. The van der Waals surface area contributed by atoms with E-state index in [0.717, 1.165) is 43.1 Å². The Kier molecular flexibility index (Phi) is 3.88. The van der Waals surface area contributed by atoms with Crippen LogP contribution in [-0.2, 0) is 11.2 Å². The second-order valence-corrected chi connectivity index (χ2v) is 7.02. The van der Waals surface area contributed by atoms with Gasteiger partial charge in [-0.1, -0.05) is 18.2 Å². The summed E-state index contributed by atoms with van der Waals surface area (Å²) in [5, 5.41) is 15.5. The van der Waals surface area contributed by atoms with E-state index >= 15 is 0 Å². The minimum atomic E-state index is -0.416. The smallest absolute Gasteiger partial charge is 0.261 e. The third-order valence-corrected chi connectivity index (χ3v) is 5.22. The average molecular weight is 364 g/mol. The van der Waals surface area contributed by atoms with Crippen molar-refractivity contribution < 1.29 is 9.53 Å². The molecule has 0 radical (unpaired) electrons. The van der Waals surface area contributed by atoms with Crippen molar-refractivity contribution in [1.82, 2.24) is 25.1 Å². The third kappa shape index (κ3) is 3.07. The van der Waals surface area contributed by atoms with Crippen LogP contribution in [0.25, 0.3) is 5.65 Å². The number of nitrogens with zero attached hydrogens (tertiary/aromatic N) is 5. The lowest BCUT2D eigenvalue weighted by molar-refractivity contribution is -0.129. The molecule has 3 aromatic rings. The molecule has 1 fully saturated rings. The Morgan fingerprint density at radius 1 is 1.19 bits per heavy atom. The number of amides is 1. The molecular weight excluding hydrogens is 344 g/mol. The quantitative estimate of drug-likeness (QED) is 0.752. The Bertz CT molecular complexity index is 987. The zero-order chi connectivity index (χ0) is 18.2. The van der Waals surface area contributed by atoms with Gasteiger partial charge in [-0.25, -0.2) is 0 Å². The standard InChI is InChI=1S/C19H20N6O2/c26-19(16-6-5-13-3-1-2-4-15(13)27-16)21-14-9-10-24(11-14)18-8-7-17-22-20-12-25(17)23-18/h1-4,7-8,12,14,16H,5-6,9-11H2,(H,21,26). The monoisotopic (exact) mass is 364 g/mol. The number of rotatable bonds is 3. The molecule has 0 bridgehead atoms. The van der Waals surface area contributed by atoms with Crippen LogP contribution in [0.5, 0.6) is 5.75 Å². The SMILES string of the molecule is O=C(NC1CCN(c2ccc3nncn3n2)C1)C1CCc2ccccc2O1. The molecule has 1 amide bonds. The molecule has 4 heterocycles. The second kappa shape index (κ2) is 6.53. The highest BCUT2D eigenvalue weighted by Gasteiger charge is 2.30. The highest BCUT2D eigenvalue weighted by Crippen LogP contribution is 2.27. The summed E-state index contributed by atoms with van der Waals surface area (Å²) in [7, 11) is 0. The van der Waals surface area contributed by atoms with Crippen LogP contribution in [-0.4, -0.2) is 51.0 Å². The van der Waals surface area contributed by atoms with Crippen molar-refractivity contribution in [3.05, 3.63) is 48.3 Å². The van der Waals surface area contributed by atoms with Gasteiger partial charge in [-0.3, -0.25) is 4.79 Å². The molecule has 1 N–H and O–H groups in total. The number of para-hydroxylation sites is 1. The first-order valence-electron chi connectivity index (χ1n) is 9.23. The number of hydrogen-bond donors (Lipinski definition) is 1. The summed E-state index contributed by atoms with van der Waals surface area (Å²) in [5.74, 6) is 1.66. The predicted octanol–water partition coefficient (Wildman–Crippen LogP) is 1.21. The number of nitrogens with one attached hydrogen (secondary N) is 1. The van der Waals surface area contributed by atoms with Gasteiger partial charge in [0.15, 0.2) is 11.8 Å². The fraction of sp³-hybridized carbons (Fsp3) is 0.368. The Balaban J connectivity index is 1.21. The number of hydrogen-bond acceptors (Lipinski definition) is 6. The summed E-state index contributed by atoms with van der Waals surface area (Å²) in [6, 6.07) is 11.9. The van der Waals surface area contributed by atoms with Gasteiger partial charge in [0.2, 0.25) is 0 Å². The first kappa shape index (κ1) is 16.0. The minimum absolute atomic E-state index is 0.0291. The molecule has 27 heavy (non-hydrogen) atoms. The van der Waals surface area contributed by atoms with E-state index in [1.54, 1.807) is 10.8 Å². The van der Waals surface area contributed by atoms with Gasteiger partial charge < -0.3 is 15.0 Å². The molecule has 5 rings (SSSR count). The van der Waals surface area contributed by atoms with Crippen molar-refractivity contribution in [2.24, 2.45) is 0 Å². The van der Waals surface area contributed by atoms with Crippen LogP contribution in [0.4, 0.5) is 5.82 Å². The normalized spacial score (nSPS) is 21.7. The van der Waals surface area contributed by atoms with Crippen molar-refractivity contribution >= 4 is 17.4 Å². The third-order valence-electron chi connectivity index (χ3n) is 5.22. The van der Waals surface area contributed by atoms with Gasteiger partial charge in [-0.05, 0) is 43.0 Å².